The Morgan fingerprint density at radius 1 is 0.574 bits per heavy atom. The average molecular weight is 755 g/mol. The number of nitrogens with zero attached hydrogens (tertiary/aromatic N) is 6. The van der Waals surface area contributed by atoms with Crippen molar-refractivity contribution in [3.8, 4) is 0 Å². The van der Waals surface area contributed by atoms with Crippen LogP contribution in [0.4, 0.5) is 5.69 Å². The highest BCUT2D eigenvalue weighted by Crippen LogP contribution is 2.16. The first kappa shape index (κ1) is 48.8. The largest absolute Gasteiger partial charge is 0.382 e. The van der Waals surface area contributed by atoms with Gasteiger partial charge in [-0.2, -0.15) is 0 Å². The van der Waals surface area contributed by atoms with Crippen LogP contribution in [0.25, 0.3) is 6.08 Å². The molecule has 1 N–H and O–H groups in total. The van der Waals surface area contributed by atoms with E-state index in [0.717, 1.165) is 18.8 Å². The zero-order valence-corrected chi connectivity index (χ0v) is 27.9. The van der Waals surface area contributed by atoms with Crippen LogP contribution in [0.2, 0.25) is 0 Å². The number of nitro benzene ring substituents is 1. The fourth-order valence-corrected chi connectivity index (χ4v) is 3.66. The Morgan fingerprint density at radius 2 is 0.963 bits per heavy atom. The molecule has 54 heavy (non-hydrogen) atoms. The first-order valence-corrected chi connectivity index (χ1v) is 14.8. The average Bonchev–Trinajstić information content (AvgIpc) is 3.11. The van der Waals surface area contributed by atoms with Crippen LogP contribution in [0.15, 0.2) is 121 Å². The molecule has 0 aliphatic heterocycles. The van der Waals surface area contributed by atoms with Gasteiger partial charge in [0.25, 0.3) is 5.69 Å². The van der Waals surface area contributed by atoms with Crippen LogP contribution in [-0.4, -0.2) is 67.6 Å². The van der Waals surface area contributed by atoms with Crippen molar-refractivity contribution < 1.29 is 39.4 Å². The fraction of sp³-hybridized carbons (Fsp3) is 0.206. The molecule has 0 radical (unpaired) electrons. The highest BCUT2D eigenvalue weighted by molar-refractivity contribution is 5.75. The van der Waals surface area contributed by atoms with E-state index >= 15 is 0 Å². The molecule has 4 aromatic rings. The number of carbonyl (C=O) groups is 1. The van der Waals surface area contributed by atoms with E-state index in [1.54, 1.807) is 72.8 Å². The Bertz CT molecular complexity index is 1740. The number of aliphatic hydroxyl groups excluding tert-OH is 1. The van der Waals surface area contributed by atoms with Crippen LogP contribution < -0.4 is 0 Å². The Hall–Kier alpha value is -7.35. The Kier molecular flexibility index (Phi) is 25.6. The maximum atomic E-state index is 10.3. The van der Waals surface area contributed by atoms with E-state index in [4.69, 9.17) is 10.1 Å². The molecule has 4 aromatic carbocycles. The Labute approximate surface area is 307 Å². The number of hydrogen-bond acceptors (Lipinski definition) is 14. The molecule has 0 saturated carbocycles. The van der Waals surface area contributed by atoms with E-state index in [2.05, 4.69) is 0 Å². The SMILES string of the molecule is C.C[N+](=O)[O-].O=Cc1ccc([N+](=O)[O-])cc1.O=[N+]([O-])/C=C/c1ccccc1.O=[N+]([O-])CC(C[N+](=O)[O-])c1ccccc1.O=[N+]([O-])CC(O)c1ccccc1. The van der Waals surface area contributed by atoms with E-state index in [1.165, 1.54) is 30.3 Å². The third-order valence-corrected chi connectivity index (χ3v) is 5.94. The molecular formula is C34H38N6O14. The maximum absolute atomic E-state index is 10.3. The van der Waals surface area contributed by atoms with Crippen molar-refractivity contribution in [3.63, 3.8) is 0 Å². The molecule has 1 unspecified atom stereocenters. The number of aliphatic hydroxyl groups is 1. The second kappa shape index (κ2) is 28.4. The zero-order chi connectivity index (χ0) is 40.2. The first-order valence-electron chi connectivity index (χ1n) is 14.8. The third-order valence-electron chi connectivity index (χ3n) is 5.94. The highest BCUT2D eigenvalue weighted by Gasteiger charge is 2.23. The number of aldehydes is 1. The molecule has 0 aliphatic carbocycles. The van der Waals surface area contributed by atoms with Crippen molar-refractivity contribution in [2.75, 3.05) is 26.7 Å². The van der Waals surface area contributed by atoms with Gasteiger partial charge in [0.15, 0.2) is 7.05 Å². The Morgan fingerprint density at radius 3 is 1.31 bits per heavy atom. The van der Waals surface area contributed by atoms with Crippen molar-refractivity contribution in [1.82, 2.24) is 0 Å². The van der Waals surface area contributed by atoms with Crippen molar-refractivity contribution in [2.45, 2.75) is 19.4 Å². The van der Waals surface area contributed by atoms with Gasteiger partial charge in [0.05, 0.1) is 9.85 Å². The van der Waals surface area contributed by atoms with Crippen LogP contribution in [-0.2, 0) is 0 Å². The minimum absolute atomic E-state index is 0. The Balaban J connectivity index is 0. The van der Waals surface area contributed by atoms with Gasteiger partial charge in [-0.05, 0) is 28.8 Å². The molecule has 0 amide bonds. The number of benzene rings is 4. The standard InChI is InChI=1S/C9H10N2O4.C8H9NO3.C8H7NO2.C7H5NO3.CH3NO2.CH4/c12-10(13)6-9(7-11(14)15)8-4-2-1-3-5-8;10-8(6-9(11)12)7-4-2-1-3-5-7;10-9(11)7-6-8-4-2-1-3-5-8;9-5-6-1-3-7(4-2-6)8(10)11;1-2(3)4;/h1-5,9H,6-7H2;1-5,8,10H,6H2;1-7H;1-5H;1H3;1H4/b;;7-6+;;;. The van der Waals surface area contributed by atoms with Gasteiger partial charge >= 0.3 is 0 Å². The summed E-state index contributed by atoms with van der Waals surface area (Å²) in [4.78, 5) is 66.6. The van der Waals surface area contributed by atoms with Gasteiger partial charge in [-0.15, -0.1) is 0 Å². The van der Waals surface area contributed by atoms with Crippen molar-refractivity contribution in [1.29, 1.82) is 0 Å². The van der Waals surface area contributed by atoms with Gasteiger partial charge in [-0.3, -0.25) is 65.5 Å². The minimum atomic E-state index is -0.999. The summed E-state index contributed by atoms with van der Waals surface area (Å²) in [5, 5.41) is 68.8. The van der Waals surface area contributed by atoms with Gasteiger partial charge in [0.2, 0.25) is 25.8 Å². The summed E-state index contributed by atoms with van der Waals surface area (Å²) >= 11 is 0. The highest BCUT2D eigenvalue weighted by atomic mass is 16.6. The molecule has 0 heterocycles. The van der Waals surface area contributed by atoms with E-state index in [0.29, 0.717) is 23.0 Å². The summed E-state index contributed by atoms with van der Waals surface area (Å²) in [7, 11) is 0.889. The lowest BCUT2D eigenvalue weighted by atomic mass is 10.00. The van der Waals surface area contributed by atoms with Gasteiger partial charge in [-0.25, -0.2) is 0 Å². The lowest BCUT2D eigenvalue weighted by Crippen LogP contribution is -2.20. The predicted octanol–water partition coefficient (Wildman–Crippen LogP) is 6.19. The fourth-order valence-electron chi connectivity index (χ4n) is 3.66. The molecule has 0 aromatic heterocycles. The van der Waals surface area contributed by atoms with E-state index < -0.39 is 61.2 Å². The lowest BCUT2D eigenvalue weighted by Gasteiger charge is -2.07. The second-order valence-electron chi connectivity index (χ2n) is 10.00. The van der Waals surface area contributed by atoms with Crippen LogP contribution in [0.5, 0.6) is 0 Å². The van der Waals surface area contributed by atoms with Crippen LogP contribution in [0, 0.1) is 60.7 Å². The van der Waals surface area contributed by atoms with Gasteiger partial charge in [-0.1, -0.05) is 98.4 Å². The second-order valence-corrected chi connectivity index (χ2v) is 10.00. The number of carbonyl (C=O) groups excluding carboxylic acids is 1. The molecule has 0 fully saturated rings. The minimum Gasteiger partial charge on any atom is -0.382 e. The van der Waals surface area contributed by atoms with Crippen molar-refractivity contribution >= 4 is 18.0 Å². The number of nitro groups is 6. The molecule has 0 spiro atoms. The third kappa shape index (κ3) is 25.6. The normalized spacial score (nSPS) is 9.98. The summed E-state index contributed by atoms with van der Waals surface area (Å²) in [6, 6.07) is 31.6. The predicted molar refractivity (Wildman–Crippen MR) is 197 cm³/mol. The quantitative estimate of drug-likeness (QED) is 0.0958. The summed E-state index contributed by atoms with van der Waals surface area (Å²) in [6.07, 6.45) is 2.03. The molecule has 0 saturated heterocycles. The van der Waals surface area contributed by atoms with E-state index in [-0.39, 0.29) is 13.1 Å². The van der Waals surface area contributed by atoms with Crippen molar-refractivity contribution in [3.05, 3.63) is 204 Å². The number of hydrogen-bond donors (Lipinski definition) is 1. The number of non-ortho nitro benzene ring substituents is 1. The molecule has 20 nitrogen and oxygen atoms in total. The first-order chi connectivity index (χ1) is 25.0. The summed E-state index contributed by atoms with van der Waals surface area (Å²) in [5.74, 6) is -0.656. The summed E-state index contributed by atoms with van der Waals surface area (Å²) < 4.78 is 0. The van der Waals surface area contributed by atoms with Crippen LogP contribution in [0.1, 0.15) is 46.5 Å². The van der Waals surface area contributed by atoms with Gasteiger partial charge in [0.1, 0.15) is 18.3 Å². The van der Waals surface area contributed by atoms with Gasteiger partial charge in [0, 0.05) is 43.5 Å². The van der Waals surface area contributed by atoms with E-state index in [9.17, 15) is 60.5 Å². The van der Waals surface area contributed by atoms with Gasteiger partial charge < -0.3 is 5.11 Å². The maximum Gasteiger partial charge on any atom is 0.269 e. The molecular weight excluding hydrogens is 716 g/mol. The smallest absolute Gasteiger partial charge is 0.269 e. The van der Waals surface area contributed by atoms with Crippen molar-refractivity contribution in [2.24, 2.45) is 0 Å². The molecule has 0 aliphatic rings. The lowest BCUT2D eigenvalue weighted by molar-refractivity contribution is -0.516. The molecule has 20 heteroatoms. The molecule has 4 rings (SSSR count). The monoisotopic (exact) mass is 754 g/mol. The van der Waals surface area contributed by atoms with E-state index in [1.807, 2.05) is 18.2 Å². The van der Waals surface area contributed by atoms with Crippen LogP contribution in [0.3, 0.4) is 0 Å². The summed E-state index contributed by atoms with van der Waals surface area (Å²) in [5.41, 5.74) is 2.48. The summed E-state index contributed by atoms with van der Waals surface area (Å²) in [6.45, 7) is -1.26. The zero-order valence-electron chi connectivity index (χ0n) is 27.9. The molecule has 1 atom stereocenters. The molecule has 0 bridgehead atoms. The topological polar surface area (TPSA) is 296 Å². The van der Waals surface area contributed by atoms with Crippen LogP contribution >= 0.6 is 0 Å². The molecule has 288 valence electrons. The number of rotatable bonds is 12.